The van der Waals surface area contributed by atoms with Crippen LogP contribution in [0.25, 0.3) is 0 Å². The fraction of sp³-hybridized carbons (Fsp3) is 0.400. The molecule has 6 heteroatoms. The van der Waals surface area contributed by atoms with Gasteiger partial charge in [-0.15, -0.1) is 0 Å². The maximum atomic E-state index is 11.6. The number of carbonyl (C=O) groups excluding carboxylic acids is 1. The van der Waals surface area contributed by atoms with Gasteiger partial charge in [-0.3, -0.25) is 4.79 Å². The minimum Gasteiger partial charge on any atom is -0.494 e. The number of unbranched alkanes of at least 4 members (excludes halogenated alkanes) is 1. The lowest BCUT2D eigenvalue weighted by molar-refractivity contribution is -0.142. The van der Waals surface area contributed by atoms with Gasteiger partial charge in [-0.1, -0.05) is 18.2 Å². The zero-order valence-electron chi connectivity index (χ0n) is 15.4. The van der Waals surface area contributed by atoms with Gasteiger partial charge in [-0.25, -0.2) is 4.98 Å². The molecular weight excluding hydrogens is 330 g/mol. The Morgan fingerprint density at radius 3 is 2.62 bits per heavy atom. The van der Waals surface area contributed by atoms with Gasteiger partial charge in [0.25, 0.3) is 0 Å². The molecule has 0 aliphatic rings. The highest BCUT2D eigenvalue weighted by atomic mass is 16.5. The summed E-state index contributed by atoms with van der Waals surface area (Å²) in [7, 11) is 3.15. The van der Waals surface area contributed by atoms with Crippen LogP contribution in [-0.2, 0) is 16.0 Å². The quantitative estimate of drug-likeness (QED) is 0.476. The number of anilines is 1. The van der Waals surface area contributed by atoms with Crippen LogP contribution in [0.4, 0.5) is 5.82 Å². The number of pyridine rings is 1. The highest BCUT2D eigenvalue weighted by Crippen LogP contribution is 2.14. The second-order valence-corrected chi connectivity index (χ2v) is 5.91. The van der Waals surface area contributed by atoms with Gasteiger partial charge in [0.05, 0.1) is 13.7 Å². The summed E-state index contributed by atoms with van der Waals surface area (Å²) in [6.07, 6.45) is 4.34. The predicted octanol–water partition coefficient (Wildman–Crippen LogP) is 2.66. The van der Waals surface area contributed by atoms with Crippen LogP contribution in [0, 0.1) is 0 Å². The van der Waals surface area contributed by atoms with Crippen molar-refractivity contribution in [2.75, 3.05) is 32.6 Å². The van der Waals surface area contributed by atoms with E-state index in [0.29, 0.717) is 13.0 Å². The van der Waals surface area contributed by atoms with Crippen molar-refractivity contribution in [3.63, 3.8) is 0 Å². The second-order valence-electron chi connectivity index (χ2n) is 5.91. The molecule has 0 amide bonds. The standard InChI is InChI=1S/C20H27N3O3/c1-21-18(20(24)25-2)15-16-8-10-17(11-9-16)26-14-6-5-13-23-19-7-3-4-12-22-19/h3-4,7-12,18,21H,5-6,13-15H2,1-2H3,(H,22,23). The Balaban J connectivity index is 1.65. The van der Waals surface area contributed by atoms with Crippen molar-refractivity contribution in [2.45, 2.75) is 25.3 Å². The summed E-state index contributed by atoms with van der Waals surface area (Å²) in [5.41, 5.74) is 1.06. The number of benzene rings is 1. The number of methoxy groups -OCH3 is 1. The molecule has 0 fully saturated rings. The second kappa shape index (κ2) is 11.1. The van der Waals surface area contributed by atoms with Gasteiger partial charge >= 0.3 is 5.97 Å². The summed E-state index contributed by atoms with van der Waals surface area (Å²) in [6.45, 7) is 1.54. The Kier molecular flexibility index (Phi) is 8.42. The topological polar surface area (TPSA) is 72.5 Å². The molecule has 1 aromatic carbocycles. The van der Waals surface area contributed by atoms with Crippen LogP contribution in [0.5, 0.6) is 5.75 Å². The van der Waals surface area contributed by atoms with Crippen molar-refractivity contribution >= 4 is 11.8 Å². The van der Waals surface area contributed by atoms with Gasteiger partial charge in [0, 0.05) is 12.7 Å². The molecular formula is C20H27N3O3. The van der Waals surface area contributed by atoms with Crippen LogP contribution in [-0.4, -0.2) is 44.3 Å². The normalized spacial score (nSPS) is 11.6. The maximum absolute atomic E-state index is 11.6. The van der Waals surface area contributed by atoms with E-state index in [1.54, 1.807) is 13.2 Å². The molecule has 140 valence electrons. The van der Waals surface area contributed by atoms with E-state index in [9.17, 15) is 4.79 Å². The summed E-state index contributed by atoms with van der Waals surface area (Å²) in [4.78, 5) is 15.8. The molecule has 0 saturated heterocycles. The Labute approximate surface area is 154 Å². The van der Waals surface area contributed by atoms with Crippen molar-refractivity contribution in [1.82, 2.24) is 10.3 Å². The number of esters is 1. The molecule has 1 heterocycles. The minimum atomic E-state index is -0.335. The number of aromatic nitrogens is 1. The number of ether oxygens (including phenoxy) is 2. The molecule has 2 N–H and O–H groups in total. The van der Waals surface area contributed by atoms with Crippen molar-refractivity contribution in [2.24, 2.45) is 0 Å². The first-order chi connectivity index (χ1) is 12.7. The largest absolute Gasteiger partial charge is 0.494 e. The average Bonchev–Trinajstić information content (AvgIpc) is 2.70. The number of carbonyl (C=O) groups is 1. The van der Waals surface area contributed by atoms with Crippen molar-refractivity contribution in [3.8, 4) is 5.75 Å². The van der Waals surface area contributed by atoms with Gasteiger partial charge in [-0.05, 0) is 56.1 Å². The van der Waals surface area contributed by atoms with Gasteiger partial charge in [0.1, 0.15) is 17.6 Å². The first kappa shape index (κ1) is 19.7. The average molecular weight is 357 g/mol. The Bertz CT molecular complexity index is 647. The predicted molar refractivity (Wildman–Crippen MR) is 102 cm³/mol. The van der Waals surface area contributed by atoms with E-state index in [2.05, 4.69) is 15.6 Å². The first-order valence-corrected chi connectivity index (χ1v) is 8.84. The Morgan fingerprint density at radius 1 is 1.15 bits per heavy atom. The molecule has 1 atom stereocenters. The van der Waals surface area contributed by atoms with Crippen LogP contribution in [0.3, 0.4) is 0 Å². The third-order valence-corrected chi connectivity index (χ3v) is 4.01. The van der Waals surface area contributed by atoms with Crippen molar-refractivity contribution in [3.05, 3.63) is 54.2 Å². The molecule has 0 radical (unpaired) electrons. The maximum Gasteiger partial charge on any atom is 0.323 e. The molecule has 0 aliphatic heterocycles. The summed E-state index contributed by atoms with van der Waals surface area (Å²) in [5.74, 6) is 1.48. The molecule has 0 spiro atoms. The number of hydrogen-bond acceptors (Lipinski definition) is 6. The molecule has 6 nitrogen and oxygen atoms in total. The molecule has 2 rings (SSSR count). The van der Waals surface area contributed by atoms with E-state index < -0.39 is 0 Å². The number of likely N-dealkylation sites (N-methyl/N-ethyl adjacent to an activating group) is 1. The fourth-order valence-corrected chi connectivity index (χ4v) is 2.50. The van der Waals surface area contributed by atoms with Crippen molar-refractivity contribution in [1.29, 1.82) is 0 Å². The van der Waals surface area contributed by atoms with E-state index in [-0.39, 0.29) is 12.0 Å². The van der Waals surface area contributed by atoms with Gasteiger partial charge in [0.15, 0.2) is 0 Å². The lowest BCUT2D eigenvalue weighted by atomic mass is 10.1. The fourth-order valence-electron chi connectivity index (χ4n) is 2.50. The Hall–Kier alpha value is -2.60. The van der Waals surface area contributed by atoms with Crippen LogP contribution in [0.15, 0.2) is 48.7 Å². The van der Waals surface area contributed by atoms with E-state index in [1.807, 2.05) is 42.5 Å². The smallest absolute Gasteiger partial charge is 0.323 e. The summed E-state index contributed by atoms with van der Waals surface area (Å²) < 4.78 is 10.5. The van der Waals surface area contributed by atoms with Gasteiger partial charge in [-0.2, -0.15) is 0 Å². The summed E-state index contributed by atoms with van der Waals surface area (Å²) >= 11 is 0. The van der Waals surface area contributed by atoms with E-state index in [4.69, 9.17) is 9.47 Å². The van der Waals surface area contributed by atoms with E-state index in [1.165, 1.54) is 7.11 Å². The van der Waals surface area contributed by atoms with Crippen LogP contribution >= 0.6 is 0 Å². The zero-order chi connectivity index (χ0) is 18.6. The van der Waals surface area contributed by atoms with Crippen LogP contribution in [0.2, 0.25) is 0 Å². The summed E-state index contributed by atoms with van der Waals surface area (Å²) in [6, 6.07) is 13.3. The number of hydrogen-bond donors (Lipinski definition) is 2. The third-order valence-electron chi connectivity index (χ3n) is 4.01. The highest BCUT2D eigenvalue weighted by Gasteiger charge is 2.17. The molecule has 0 aliphatic carbocycles. The molecule has 1 unspecified atom stereocenters. The lowest BCUT2D eigenvalue weighted by Crippen LogP contribution is -2.36. The van der Waals surface area contributed by atoms with Crippen LogP contribution in [0.1, 0.15) is 18.4 Å². The summed E-state index contributed by atoms with van der Waals surface area (Å²) in [5, 5.41) is 6.24. The molecule has 0 saturated carbocycles. The van der Waals surface area contributed by atoms with Crippen LogP contribution < -0.4 is 15.4 Å². The van der Waals surface area contributed by atoms with E-state index in [0.717, 1.165) is 36.5 Å². The molecule has 2 aromatic rings. The number of nitrogens with zero attached hydrogens (tertiary/aromatic N) is 1. The SMILES string of the molecule is CNC(Cc1ccc(OCCCCNc2ccccn2)cc1)C(=O)OC. The zero-order valence-corrected chi connectivity index (χ0v) is 15.4. The number of nitrogens with one attached hydrogen (secondary N) is 2. The molecule has 1 aromatic heterocycles. The van der Waals surface area contributed by atoms with Crippen molar-refractivity contribution < 1.29 is 14.3 Å². The third kappa shape index (κ3) is 6.72. The molecule has 0 bridgehead atoms. The Morgan fingerprint density at radius 2 is 1.96 bits per heavy atom. The minimum absolute atomic E-state index is 0.257. The first-order valence-electron chi connectivity index (χ1n) is 8.84. The van der Waals surface area contributed by atoms with Gasteiger partial charge < -0.3 is 20.1 Å². The lowest BCUT2D eigenvalue weighted by Gasteiger charge is -2.14. The number of rotatable bonds is 11. The monoisotopic (exact) mass is 357 g/mol. The van der Waals surface area contributed by atoms with E-state index >= 15 is 0 Å². The highest BCUT2D eigenvalue weighted by molar-refractivity contribution is 5.76. The molecule has 26 heavy (non-hydrogen) atoms. The van der Waals surface area contributed by atoms with Gasteiger partial charge in [0.2, 0.25) is 0 Å².